The minimum atomic E-state index is -0.160. The summed E-state index contributed by atoms with van der Waals surface area (Å²) in [6.45, 7) is 4.88. The molecule has 1 rings (SSSR count). The second-order valence-corrected chi connectivity index (χ2v) is 3.39. The number of furan rings is 1. The Morgan fingerprint density at radius 2 is 2.12 bits per heavy atom. The average Bonchev–Trinajstić information content (AvgIpc) is 2.81. The third-order valence-electron chi connectivity index (χ3n) is 1.81. The zero-order chi connectivity index (χ0) is 13.1. The Morgan fingerprint density at radius 1 is 1.41 bits per heavy atom. The highest BCUT2D eigenvalue weighted by molar-refractivity contribution is 5.91. The van der Waals surface area contributed by atoms with Gasteiger partial charge in [-0.25, -0.2) is 0 Å². The standard InChI is InChI=1S/C7H9NO2.C5H11NO/c1-2-8-7(9)6-4-3-5-10-6;1-5(7)3-4-6-2/h3-5H,2H2,1H3,(H,8,9);6H,3-4H2,1-2H3. The fourth-order valence-electron chi connectivity index (χ4n) is 0.956. The Hall–Kier alpha value is -1.62. The number of carbonyl (C=O) groups excluding carboxylic acids is 2. The molecule has 0 atom stereocenters. The zero-order valence-electron chi connectivity index (χ0n) is 10.6. The maximum Gasteiger partial charge on any atom is 0.286 e. The van der Waals surface area contributed by atoms with Crippen molar-refractivity contribution in [3.8, 4) is 0 Å². The van der Waals surface area contributed by atoms with E-state index in [1.165, 1.54) is 6.26 Å². The van der Waals surface area contributed by atoms with E-state index in [1.807, 2.05) is 14.0 Å². The Kier molecular flexibility index (Phi) is 8.68. The molecule has 0 aliphatic heterocycles. The predicted molar refractivity (Wildman–Crippen MR) is 65.9 cm³/mol. The molecular formula is C12H20N2O3. The summed E-state index contributed by atoms with van der Waals surface area (Å²) in [4.78, 5) is 21.1. The van der Waals surface area contributed by atoms with Crippen LogP contribution in [0.25, 0.3) is 0 Å². The summed E-state index contributed by atoms with van der Waals surface area (Å²) in [6, 6.07) is 3.32. The Balaban J connectivity index is 0.000000325. The van der Waals surface area contributed by atoms with Gasteiger partial charge in [-0.2, -0.15) is 0 Å². The van der Waals surface area contributed by atoms with Crippen LogP contribution in [0.3, 0.4) is 0 Å². The van der Waals surface area contributed by atoms with E-state index in [-0.39, 0.29) is 11.7 Å². The molecule has 2 N–H and O–H groups in total. The van der Waals surface area contributed by atoms with Crippen LogP contribution in [-0.4, -0.2) is 31.8 Å². The first-order valence-corrected chi connectivity index (χ1v) is 5.57. The van der Waals surface area contributed by atoms with E-state index < -0.39 is 0 Å². The summed E-state index contributed by atoms with van der Waals surface area (Å²) >= 11 is 0. The molecule has 0 aliphatic rings. The highest BCUT2D eigenvalue weighted by Crippen LogP contribution is 1.98. The lowest BCUT2D eigenvalue weighted by Crippen LogP contribution is -2.21. The SMILES string of the molecule is CCNC(=O)c1ccco1.CNCCC(C)=O. The van der Waals surface area contributed by atoms with Crippen molar-refractivity contribution < 1.29 is 14.0 Å². The fourth-order valence-corrected chi connectivity index (χ4v) is 0.956. The quantitative estimate of drug-likeness (QED) is 0.811. The van der Waals surface area contributed by atoms with Gasteiger partial charge in [0.15, 0.2) is 5.76 Å². The van der Waals surface area contributed by atoms with Gasteiger partial charge in [-0.05, 0) is 33.0 Å². The first-order chi connectivity index (χ1) is 8.11. The summed E-state index contributed by atoms with van der Waals surface area (Å²) in [5.41, 5.74) is 0. The van der Waals surface area contributed by atoms with Gasteiger partial charge in [0, 0.05) is 19.5 Å². The third kappa shape index (κ3) is 8.21. The van der Waals surface area contributed by atoms with Crippen LogP contribution in [0.15, 0.2) is 22.8 Å². The van der Waals surface area contributed by atoms with Crippen molar-refractivity contribution in [2.75, 3.05) is 20.1 Å². The fraction of sp³-hybridized carbons (Fsp3) is 0.500. The number of nitrogens with one attached hydrogen (secondary N) is 2. The number of carbonyl (C=O) groups is 2. The molecule has 0 fully saturated rings. The van der Waals surface area contributed by atoms with Crippen LogP contribution in [0.2, 0.25) is 0 Å². The molecule has 0 saturated heterocycles. The van der Waals surface area contributed by atoms with Crippen molar-refractivity contribution in [2.24, 2.45) is 0 Å². The summed E-state index contributed by atoms with van der Waals surface area (Å²) in [6.07, 6.45) is 2.13. The molecule has 1 heterocycles. The molecule has 17 heavy (non-hydrogen) atoms. The van der Waals surface area contributed by atoms with Gasteiger partial charge in [0.05, 0.1) is 6.26 Å². The molecule has 1 aromatic heterocycles. The van der Waals surface area contributed by atoms with E-state index in [4.69, 9.17) is 4.42 Å². The van der Waals surface area contributed by atoms with E-state index in [0.29, 0.717) is 18.7 Å². The molecule has 0 radical (unpaired) electrons. The van der Waals surface area contributed by atoms with Crippen molar-refractivity contribution in [2.45, 2.75) is 20.3 Å². The zero-order valence-corrected chi connectivity index (χ0v) is 10.6. The molecule has 5 nitrogen and oxygen atoms in total. The number of ketones is 1. The summed E-state index contributed by atoms with van der Waals surface area (Å²) in [5.74, 6) is 0.448. The molecule has 0 saturated carbocycles. The van der Waals surface area contributed by atoms with Crippen molar-refractivity contribution in [1.29, 1.82) is 0 Å². The van der Waals surface area contributed by atoms with Gasteiger partial charge in [0.25, 0.3) is 5.91 Å². The summed E-state index contributed by atoms with van der Waals surface area (Å²) < 4.78 is 4.84. The van der Waals surface area contributed by atoms with Crippen LogP contribution in [0, 0.1) is 0 Å². The minimum Gasteiger partial charge on any atom is -0.459 e. The van der Waals surface area contributed by atoms with Crippen LogP contribution >= 0.6 is 0 Å². The first kappa shape index (κ1) is 15.4. The van der Waals surface area contributed by atoms with Gasteiger partial charge in [0.2, 0.25) is 0 Å². The molecule has 96 valence electrons. The predicted octanol–water partition coefficient (Wildman–Crippen LogP) is 1.21. The highest BCUT2D eigenvalue weighted by atomic mass is 16.3. The molecule has 0 unspecified atom stereocenters. The van der Waals surface area contributed by atoms with Gasteiger partial charge in [-0.15, -0.1) is 0 Å². The largest absolute Gasteiger partial charge is 0.459 e. The van der Waals surface area contributed by atoms with Crippen molar-refractivity contribution in [1.82, 2.24) is 10.6 Å². The molecule has 0 spiro atoms. The van der Waals surface area contributed by atoms with E-state index in [1.54, 1.807) is 19.1 Å². The average molecular weight is 240 g/mol. The van der Waals surface area contributed by atoms with Crippen LogP contribution in [0.5, 0.6) is 0 Å². The second kappa shape index (κ2) is 9.59. The molecule has 0 bridgehead atoms. The number of Topliss-reactive ketones (excluding diaryl/α,β-unsaturated/α-hetero) is 1. The number of hydrogen-bond donors (Lipinski definition) is 2. The van der Waals surface area contributed by atoms with Gasteiger partial charge in [-0.1, -0.05) is 0 Å². The van der Waals surface area contributed by atoms with Gasteiger partial charge < -0.3 is 15.1 Å². The smallest absolute Gasteiger partial charge is 0.286 e. The minimum absolute atomic E-state index is 0.160. The monoisotopic (exact) mass is 240 g/mol. The Morgan fingerprint density at radius 3 is 2.47 bits per heavy atom. The Labute approximate surface area is 102 Å². The maximum absolute atomic E-state index is 10.9. The summed E-state index contributed by atoms with van der Waals surface area (Å²) in [5, 5.41) is 5.49. The molecule has 1 amide bonds. The van der Waals surface area contributed by atoms with E-state index in [2.05, 4.69) is 10.6 Å². The lowest BCUT2D eigenvalue weighted by molar-refractivity contribution is -0.116. The lowest BCUT2D eigenvalue weighted by Gasteiger charge is -1.95. The maximum atomic E-state index is 10.9. The van der Waals surface area contributed by atoms with E-state index in [0.717, 1.165) is 6.54 Å². The number of hydrogen-bond acceptors (Lipinski definition) is 4. The van der Waals surface area contributed by atoms with E-state index >= 15 is 0 Å². The number of rotatable bonds is 5. The molecule has 0 aromatic carbocycles. The van der Waals surface area contributed by atoms with Crippen molar-refractivity contribution in [3.63, 3.8) is 0 Å². The van der Waals surface area contributed by atoms with Crippen LogP contribution in [0.4, 0.5) is 0 Å². The van der Waals surface area contributed by atoms with Crippen LogP contribution in [0.1, 0.15) is 30.8 Å². The summed E-state index contributed by atoms with van der Waals surface area (Å²) in [7, 11) is 1.84. The molecule has 1 aromatic rings. The van der Waals surface area contributed by atoms with E-state index in [9.17, 15) is 9.59 Å². The molecule has 5 heteroatoms. The van der Waals surface area contributed by atoms with Crippen LogP contribution in [-0.2, 0) is 4.79 Å². The number of amides is 1. The van der Waals surface area contributed by atoms with Crippen molar-refractivity contribution >= 4 is 11.7 Å². The normalized spacial score (nSPS) is 9.12. The topological polar surface area (TPSA) is 71.3 Å². The van der Waals surface area contributed by atoms with Crippen molar-refractivity contribution in [3.05, 3.63) is 24.2 Å². The van der Waals surface area contributed by atoms with Gasteiger partial charge >= 0.3 is 0 Å². The van der Waals surface area contributed by atoms with Crippen LogP contribution < -0.4 is 10.6 Å². The first-order valence-electron chi connectivity index (χ1n) is 5.57. The van der Waals surface area contributed by atoms with Gasteiger partial charge in [-0.3, -0.25) is 9.59 Å². The Bertz CT molecular complexity index is 321. The molecular weight excluding hydrogens is 220 g/mol. The molecule has 0 aliphatic carbocycles. The highest BCUT2D eigenvalue weighted by Gasteiger charge is 2.04. The lowest BCUT2D eigenvalue weighted by atomic mass is 10.3. The van der Waals surface area contributed by atoms with Gasteiger partial charge in [0.1, 0.15) is 5.78 Å². The second-order valence-electron chi connectivity index (χ2n) is 3.39. The third-order valence-corrected chi connectivity index (χ3v) is 1.81.